The maximum Gasteiger partial charge on any atom is 0.0696 e. The maximum absolute atomic E-state index is 5.99. The van der Waals surface area contributed by atoms with Crippen LogP contribution in [0, 0.1) is 0 Å². The van der Waals surface area contributed by atoms with Gasteiger partial charge in [-0.2, -0.15) is 5.10 Å². The van der Waals surface area contributed by atoms with Gasteiger partial charge in [0.05, 0.1) is 16.4 Å². The number of rotatable bonds is 3. The molecule has 1 aromatic rings. The van der Waals surface area contributed by atoms with E-state index in [1.165, 1.54) is 0 Å². The Hall–Kier alpha value is -0.350. The highest BCUT2D eigenvalue weighted by Crippen LogP contribution is 2.25. The van der Waals surface area contributed by atoms with E-state index in [0.29, 0.717) is 6.04 Å². The molecule has 0 radical (unpaired) electrons. The largest absolute Gasteiger partial charge is 0.323 e. The van der Waals surface area contributed by atoms with Gasteiger partial charge in [0.25, 0.3) is 0 Å². The average molecular weight is 246 g/mol. The molecule has 4 heteroatoms. The van der Waals surface area contributed by atoms with E-state index >= 15 is 0 Å². The van der Waals surface area contributed by atoms with Crippen molar-refractivity contribution in [2.45, 2.75) is 39.3 Å². The lowest BCUT2D eigenvalue weighted by Gasteiger charge is -2.15. The molecule has 1 atom stereocenters. The molecule has 1 aromatic heterocycles. The van der Waals surface area contributed by atoms with Gasteiger partial charge in [-0.25, -0.2) is 0 Å². The average Bonchev–Trinajstić information content (AvgIpc) is 2.46. The van der Waals surface area contributed by atoms with Crippen LogP contribution in [0.4, 0.5) is 0 Å². The maximum atomic E-state index is 5.99. The highest BCUT2D eigenvalue weighted by molar-refractivity contribution is 9.10. The molecule has 0 spiro atoms. The van der Waals surface area contributed by atoms with Crippen LogP contribution in [0.5, 0.6) is 0 Å². The Kier molecular flexibility index (Phi) is 3.50. The zero-order chi connectivity index (χ0) is 10.0. The van der Waals surface area contributed by atoms with Gasteiger partial charge >= 0.3 is 0 Å². The molecule has 1 heterocycles. The van der Waals surface area contributed by atoms with E-state index in [4.69, 9.17) is 5.73 Å². The minimum Gasteiger partial charge on any atom is -0.323 e. The third-order valence-corrected chi connectivity index (χ3v) is 2.68. The molecule has 3 nitrogen and oxygen atoms in total. The second kappa shape index (κ2) is 4.24. The third kappa shape index (κ3) is 2.11. The molecule has 1 rings (SSSR count). The van der Waals surface area contributed by atoms with Gasteiger partial charge in [0.2, 0.25) is 0 Å². The fourth-order valence-corrected chi connectivity index (χ4v) is 1.87. The smallest absolute Gasteiger partial charge is 0.0696 e. The number of aromatic nitrogens is 2. The van der Waals surface area contributed by atoms with E-state index in [1.54, 1.807) is 0 Å². The summed E-state index contributed by atoms with van der Waals surface area (Å²) < 4.78 is 2.98. The van der Waals surface area contributed by atoms with Crippen LogP contribution in [0.2, 0.25) is 0 Å². The summed E-state index contributed by atoms with van der Waals surface area (Å²) in [6.07, 6.45) is 2.74. The van der Waals surface area contributed by atoms with Crippen LogP contribution in [-0.2, 0) is 0 Å². The van der Waals surface area contributed by atoms with Crippen LogP contribution in [0.1, 0.15) is 45.0 Å². The molecule has 0 saturated carbocycles. The minimum absolute atomic E-state index is 0.0688. The summed E-state index contributed by atoms with van der Waals surface area (Å²) in [7, 11) is 0. The van der Waals surface area contributed by atoms with Crippen molar-refractivity contribution in [2.24, 2.45) is 5.73 Å². The van der Waals surface area contributed by atoms with Crippen LogP contribution in [-0.4, -0.2) is 9.78 Å². The molecule has 0 aliphatic carbocycles. The van der Waals surface area contributed by atoms with Crippen molar-refractivity contribution in [3.05, 3.63) is 16.4 Å². The van der Waals surface area contributed by atoms with E-state index < -0.39 is 0 Å². The van der Waals surface area contributed by atoms with Crippen LogP contribution in [0.25, 0.3) is 0 Å². The summed E-state index contributed by atoms with van der Waals surface area (Å²) in [5.41, 5.74) is 7.08. The molecule has 0 aromatic carbocycles. The summed E-state index contributed by atoms with van der Waals surface area (Å²) in [6, 6.07) is 0.429. The van der Waals surface area contributed by atoms with Gasteiger partial charge in [-0.15, -0.1) is 0 Å². The van der Waals surface area contributed by atoms with Crippen molar-refractivity contribution in [1.82, 2.24) is 9.78 Å². The van der Waals surface area contributed by atoms with E-state index in [-0.39, 0.29) is 6.04 Å². The zero-order valence-electron chi connectivity index (χ0n) is 8.29. The Balaban J connectivity index is 3.08. The number of halogens is 1. The van der Waals surface area contributed by atoms with E-state index in [1.807, 2.05) is 10.9 Å². The van der Waals surface area contributed by atoms with Crippen molar-refractivity contribution in [1.29, 1.82) is 0 Å². The topological polar surface area (TPSA) is 43.8 Å². The van der Waals surface area contributed by atoms with Crippen LogP contribution < -0.4 is 5.73 Å². The van der Waals surface area contributed by atoms with E-state index in [9.17, 15) is 0 Å². The zero-order valence-corrected chi connectivity index (χ0v) is 9.87. The molecule has 13 heavy (non-hydrogen) atoms. The highest BCUT2D eigenvalue weighted by Gasteiger charge is 2.16. The van der Waals surface area contributed by atoms with Gasteiger partial charge in [0.15, 0.2) is 0 Å². The molecule has 0 saturated heterocycles. The van der Waals surface area contributed by atoms with Crippen LogP contribution >= 0.6 is 15.9 Å². The Bertz CT molecular complexity index is 280. The third-order valence-electron chi connectivity index (χ3n) is 2.07. The number of nitrogens with zero attached hydrogens (tertiary/aromatic N) is 2. The predicted molar refractivity (Wildman–Crippen MR) is 57.5 cm³/mol. The molecule has 0 amide bonds. The molecule has 0 aliphatic rings. The Labute approximate surface area is 87.4 Å². The van der Waals surface area contributed by atoms with Crippen molar-refractivity contribution < 1.29 is 0 Å². The second-order valence-corrected chi connectivity index (χ2v) is 4.29. The van der Waals surface area contributed by atoms with Crippen molar-refractivity contribution >= 4 is 15.9 Å². The fraction of sp³-hybridized carbons (Fsp3) is 0.667. The van der Waals surface area contributed by atoms with Gasteiger partial charge in [0, 0.05) is 12.1 Å². The minimum atomic E-state index is 0.0688. The van der Waals surface area contributed by atoms with Crippen molar-refractivity contribution in [3.63, 3.8) is 0 Å². The van der Waals surface area contributed by atoms with E-state index in [2.05, 4.69) is 41.8 Å². The SMILES string of the molecule is CCC(N)c1c(Br)cnn1C(C)C. The van der Waals surface area contributed by atoms with Gasteiger partial charge in [0.1, 0.15) is 0 Å². The monoisotopic (exact) mass is 245 g/mol. The lowest BCUT2D eigenvalue weighted by molar-refractivity contribution is 0.481. The molecule has 0 aliphatic heterocycles. The molecule has 0 fully saturated rings. The first-order chi connectivity index (χ1) is 6.07. The summed E-state index contributed by atoms with van der Waals surface area (Å²) >= 11 is 3.46. The van der Waals surface area contributed by atoms with Crippen molar-refractivity contribution in [3.8, 4) is 0 Å². The Morgan fingerprint density at radius 1 is 1.62 bits per heavy atom. The van der Waals surface area contributed by atoms with Crippen molar-refractivity contribution in [2.75, 3.05) is 0 Å². The molecular weight excluding hydrogens is 230 g/mol. The first-order valence-corrected chi connectivity index (χ1v) is 5.35. The molecule has 74 valence electrons. The summed E-state index contributed by atoms with van der Waals surface area (Å²) in [5, 5.41) is 4.27. The van der Waals surface area contributed by atoms with E-state index in [0.717, 1.165) is 16.6 Å². The summed E-state index contributed by atoms with van der Waals surface area (Å²) in [6.45, 7) is 6.28. The fourth-order valence-electron chi connectivity index (χ4n) is 1.30. The molecule has 1 unspecified atom stereocenters. The first-order valence-electron chi connectivity index (χ1n) is 4.56. The van der Waals surface area contributed by atoms with Gasteiger partial charge in [-0.1, -0.05) is 6.92 Å². The second-order valence-electron chi connectivity index (χ2n) is 3.43. The van der Waals surface area contributed by atoms with Crippen LogP contribution in [0.15, 0.2) is 10.7 Å². The lowest BCUT2D eigenvalue weighted by atomic mass is 10.1. The van der Waals surface area contributed by atoms with Gasteiger partial charge < -0.3 is 5.73 Å². The summed E-state index contributed by atoms with van der Waals surface area (Å²) in [5.74, 6) is 0. The Morgan fingerprint density at radius 3 is 2.69 bits per heavy atom. The molecular formula is C9H16BrN3. The molecule has 0 bridgehead atoms. The predicted octanol–water partition coefficient (Wildman–Crippen LogP) is 2.64. The standard InChI is InChI=1S/C9H16BrN3/c1-4-8(11)9-7(10)5-12-13(9)6(2)3/h5-6,8H,4,11H2,1-3H3. The molecule has 2 N–H and O–H groups in total. The Morgan fingerprint density at radius 2 is 2.23 bits per heavy atom. The number of nitrogens with two attached hydrogens (primary N) is 1. The summed E-state index contributed by atoms with van der Waals surface area (Å²) in [4.78, 5) is 0. The normalized spacial score (nSPS) is 13.7. The van der Waals surface area contributed by atoms with Gasteiger partial charge in [-0.3, -0.25) is 4.68 Å². The first kappa shape index (κ1) is 10.7. The number of hydrogen-bond donors (Lipinski definition) is 1. The van der Waals surface area contributed by atoms with Gasteiger partial charge in [-0.05, 0) is 36.2 Å². The lowest BCUT2D eigenvalue weighted by Crippen LogP contribution is -2.17. The van der Waals surface area contributed by atoms with Crippen LogP contribution in [0.3, 0.4) is 0 Å². The highest BCUT2D eigenvalue weighted by atomic mass is 79.9. The quantitative estimate of drug-likeness (QED) is 0.890. The number of hydrogen-bond acceptors (Lipinski definition) is 2.